The zero-order valence-electron chi connectivity index (χ0n) is 20.0. The van der Waals surface area contributed by atoms with Gasteiger partial charge in [0.15, 0.2) is 5.58 Å². The van der Waals surface area contributed by atoms with Crippen molar-refractivity contribution in [2.75, 3.05) is 5.32 Å². The third-order valence-corrected chi connectivity index (χ3v) is 6.40. The minimum Gasteiger partial charge on any atom is -0.457 e. The van der Waals surface area contributed by atoms with Crippen molar-refractivity contribution in [1.29, 1.82) is 0 Å². The Balaban J connectivity index is 1.23. The number of aromatic nitrogens is 1. The minimum atomic E-state index is -0.258. The first-order valence-corrected chi connectivity index (χ1v) is 12.2. The number of amides is 1. The van der Waals surface area contributed by atoms with Crippen LogP contribution in [0.5, 0.6) is 0 Å². The van der Waals surface area contributed by atoms with Gasteiger partial charge in [-0.3, -0.25) is 4.79 Å². The number of hydrogen-bond donors (Lipinski definition) is 1. The van der Waals surface area contributed by atoms with Crippen molar-refractivity contribution in [2.24, 2.45) is 0 Å². The van der Waals surface area contributed by atoms with E-state index in [2.05, 4.69) is 36.3 Å². The summed E-state index contributed by atoms with van der Waals surface area (Å²) in [6.07, 6.45) is 4.15. The number of benzene rings is 3. The molecular weight excluding hydrogens is 472 g/mol. The van der Waals surface area contributed by atoms with Gasteiger partial charge in [-0.25, -0.2) is 4.98 Å². The van der Waals surface area contributed by atoms with Crippen molar-refractivity contribution >= 4 is 40.4 Å². The van der Waals surface area contributed by atoms with E-state index < -0.39 is 0 Å². The Morgan fingerprint density at radius 1 is 0.972 bits per heavy atom. The Morgan fingerprint density at radius 3 is 2.47 bits per heavy atom. The fraction of sp³-hybridized carbons (Fsp3) is 0.133. The first-order chi connectivity index (χ1) is 17.5. The minimum absolute atomic E-state index is 0.258. The van der Waals surface area contributed by atoms with Gasteiger partial charge in [0.1, 0.15) is 17.0 Å². The van der Waals surface area contributed by atoms with E-state index in [-0.39, 0.29) is 5.91 Å². The maximum Gasteiger partial charge on any atom is 0.248 e. The lowest BCUT2D eigenvalue weighted by molar-refractivity contribution is -0.111. The van der Waals surface area contributed by atoms with Crippen LogP contribution in [0, 0.1) is 0 Å². The molecule has 1 amide bonds. The Labute approximate surface area is 214 Å². The van der Waals surface area contributed by atoms with E-state index in [0.717, 1.165) is 28.6 Å². The summed E-state index contributed by atoms with van der Waals surface area (Å²) in [5.41, 5.74) is 5.30. The number of nitrogens with one attached hydrogen (secondary N) is 1. The van der Waals surface area contributed by atoms with E-state index in [1.54, 1.807) is 6.08 Å². The number of carbonyl (C=O) groups excluding carboxylic acids is 1. The number of oxazole rings is 1. The lowest BCUT2D eigenvalue weighted by Gasteiger charge is -2.07. The van der Waals surface area contributed by atoms with Crippen LogP contribution in [0.1, 0.15) is 37.5 Å². The first-order valence-electron chi connectivity index (χ1n) is 11.8. The van der Waals surface area contributed by atoms with E-state index in [1.165, 1.54) is 11.6 Å². The van der Waals surface area contributed by atoms with Crippen molar-refractivity contribution in [3.8, 4) is 22.8 Å². The molecule has 0 aliphatic heterocycles. The molecule has 0 unspecified atom stereocenters. The van der Waals surface area contributed by atoms with E-state index in [9.17, 15) is 4.79 Å². The molecule has 6 heteroatoms. The van der Waals surface area contributed by atoms with E-state index >= 15 is 0 Å². The second-order valence-electron chi connectivity index (χ2n) is 8.66. The van der Waals surface area contributed by atoms with Crippen molar-refractivity contribution in [3.63, 3.8) is 0 Å². The number of furan rings is 1. The van der Waals surface area contributed by atoms with Gasteiger partial charge in [-0.15, -0.1) is 0 Å². The smallest absolute Gasteiger partial charge is 0.248 e. The summed E-state index contributed by atoms with van der Waals surface area (Å²) in [4.78, 5) is 17.1. The average molecular weight is 497 g/mol. The number of nitrogens with zero attached hydrogens (tertiary/aromatic N) is 1. The van der Waals surface area contributed by atoms with Crippen molar-refractivity contribution in [3.05, 3.63) is 101 Å². The van der Waals surface area contributed by atoms with Gasteiger partial charge >= 0.3 is 0 Å². The molecule has 0 saturated heterocycles. The first kappa shape index (κ1) is 23.6. The standard InChI is InChI=1S/C30H25ClN2O3/c1-3-19(2)22-8-15-28-26(18-22)33-30(36-28)21-6-11-24(12-7-21)32-29(34)17-14-25-13-16-27(35-25)20-4-9-23(31)10-5-20/h4-19H,3H2,1-2H3,(H,32,34)/b17-14+/t19-/m1/s1. The SMILES string of the molecule is CC[C@@H](C)c1ccc2oc(-c3ccc(NC(=O)/C=C/c4ccc(-c5ccc(Cl)cc5)o4)cc3)nc2c1. The Hall–Kier alpha value is -4.09. The van der Waals surface area contributed by atoms with Gasteiger partial charge in [-0.1, -0.05) is 31.5 Å². The van der Waals surface area contributed by atoms with Crippen LogP contribution in [-0.2, 0) is 4.79 Å². The van der Waals surface area contributed by atoms with Gasteiger partial charge in [0.05, 0.1) is 0 Å². The van der Waals surface area contributed by atoms with Gasteiger partial charge < -0.3 is 14.2 Å². The number of hydrogen-bond acceptors (Lipinski definition) is 4. The molecule has 36 heavy (non-hydrogen) atoms. The van der Waals surface area contributed by atoms with Crippen molar-refractivity contribution < 1.29 is 13.6 Å². The van der Waals surface area contributed by atoms with Crippen LogP contribution in [0.25, 0.3) is 40.0 Å². The maximum absolute atomic E-state index is 12.4. The van der Waals surface area contributed by atoms with Gasteiger partial charge in [0.25, 0.3) is 0 Å². The summed E-state index contributed by atoms with van der Waals surface area (Å²) in [6, 6.07) is 24.6. The quantitative estimate of drug-likeness (QED) is 0.229. The monoisotopic (exact) mass is 496 g/mol. The van der Waals surface area contributed by atoms with Crippen LogP contribution in [0.4, 0.5) is 5.69 Å². The predicted octanol–water partition coefficient (Wildman–Crippen LogP) is 8.57. The normalized spacial score (nSPS) is 12.3. The topological polar surface area (TPSA) is 68.3 Å². The van der Waals surface area contributed by atoms with Crippen molar-refractivity contribution in [2.45, 2.75) is 26.2 Å². The molecule has 1 atom stereocenters. The molecule has 5 nitrogen and oxygen atoms in total. The molecule has 1 N–H and O–H groups in total. The highest BCUT2D eigenvalue weighted by molar-refractivity contribution is 6.30. The second kappa shape index (κ2) is 10.3. The summed E-state index contributed by atoms with van der Waals surface area (Å²) >= 11 is 5.94. The number of halogens is 1. The fourth-order valence-corrected chi connectivity index (χ4v) is 3.99. The molecule has 0 aliphatic carbocycles. The van der Waals surface area contributed by atoms with Crippen molar-refractivity contribution in [1.82, 2.24) is 4.98 Å². The van der Waals surface area contributed by atoms with Crippen LogP contribution in [0.15, 0.2) is 93.8 Å². The molecule has 2 heterocycles. The summed E-state index contributed by atoms with van der Waals surface area (Å²) in [5, 5.41) is 3.52. The third kappa shape index (κ3) is 5.26. The molecule has 0 bridgehead atoms. The lowest BCUT2D eigenvalue weighted by atomic mass is 9.98. The highest BCUT2D eigenvalue weighted by atomic mass is 35.5. The Bertz CT molecular complexity index is 1530. The maximum atomic E-state index is 12.4. The van der Waals surface area contributed by atoms with Crippen LogP contribution in [0.2, 0.25) is 5.02 Å². The van der Waals surface area contributed by atoms with Crippen LogP contribution >= 0.6 is 11.6 Å². The molecule has 3 aromatic carbocycles. The Morgan fingerprint density at radius 2 is 1.72 bits per heavy atom. The van der Waals surface area contributed by atoms with Gasteiger partial charge in [0.2, 0.25) is 11.8 Å². The molecule has 0 radical (unpaired) electrons. The molecule has 180 valence electrons. The van der Waals surface area contributed by atoms with E-state index in [0.29, 0.717) is 34.0 Å². The van der Waals surface area contributed by atoms with E-state index in [1.807, 2.05) is 66.7 Å². The molecule has 0 spiro atoms. The van der Waals surface area contributed by atoms with Crippen LogP contribution in [0.3, 0.4) is 0 Å². The molecular formula is C30H25ClN2O3. The largest absolute Gasteiger partial charge is 0.457 e. The number of anilines is 1. The fourth-order valence-electron chi connectivity index (χ4n) is 3.86. The second-order valence-corrected chi connectivity index (χ2v) is 9.10. The summed E-state index contributed by atoms with van der Waals surface area (Å²) in [7, 11) is 0. The summed E-state index contributed by atoms with van der Waals surface area (Å²) in [5.74, 6) is 2.06. The molecule has 5 aromatic rings. The van der Waals surface area contributed by atoms with Gasteiger partial charge in [-0.05, 0) is 96.8 Å². The van der Waals surface area contributed by atoms with Crippen LogP contribution < -0.4 is 5.32 Å². The number of fused-ring (bicyclic) bond motifs is 1. The molecule has 0 fully saturated rings. The average Bonchev–Trinajstić information content (AvgIpc) is 3.55. The van der Waals surface area contributed by atoms with Gasteiger partial charge in [0, 0.05) is 27.9 Å². The van der Waals surface area contributed by atoms with Crippen LogP contribution in [-0.4, -0.2) is 10.9 Å². The molecule has 0 saturated carbocycles. The van der Waals surface area contributed by atoms with Gasteiger partial charge in [-0.2, -0.15) is 0 Å². The lowest BCUT2D eigenvalue weighted by Crippen LogP contribution is -2.07. The molecule has 0 aliphatic rings. The molecule has 5 rings (SSSR count). The summed E-state index contributed by atoms with van der Waals surface area (Å²) < 4.78 is 11.7. The summed E-state index contributed by atoms with van der Waals surface area (Å²) in [6.45, 7) is 4.38. The zero-order chi connectivity index (χ0) is 25.1. The Kier molecular flexibility index (Phi) is 6.74. The third-order valence-electron chi connectivity index (χ3n) is 6.15. The zero-order valence-corrected chi connectivity index (χ0v) is 20.8. The predicted molar refractivity (Wildman–Crippen MR) is 145 cm³/mol. The highest BCUT2D eigenvalue weighted by Gasteiger charge is 2.11. The highest BCUT2D eigenvalue weighted by Crippen LogP contribution is 2.29. The molecule has 2 aromatic heterocycles. The number of rotatable bonds is 7. The number of carbonyl (C=O) groups is 1. The van der Waals surface area contributed by atoms with E-state index in [4.69, 9.17) is 20.4 Å².